The van der Waals surface area contributed by atoms with Gasteiger partial charge in [-0.3, -0.25) is 9.59 Å². The van der Waals surface area contributed by atoms with Crippen molar-refractivity contribution in [3.8, 4) is 0 Å². The predicted octanol–water partition coefficient (Wildman–Crippen LogP) is 6.28. The summed E-state index contributed by atoms with van der Waals surface area (Å²) in [5.41, 5.74) is -0.574. The molecule has 2 atom stereocenters. The molecule has 0 aliphatic rings. The van der Waals surface area contributed by atoms with Crippen LogP contribution in [0.1, 0.15) is 111 Å². The van der Waals surface area contributed by atoms with Crippen LogP contribution in [0.5, 0.6) is 0 Å². The van der Waals surface area contributed by atoms with Gasteiger partial charge in [-0.1, -0.05) is 78.1 Å². The Hall–Kier alpha value is -1.06. The van der Waals surface area contributed by atoms with E-state index in [0.717, 1.165) is 38.5 Å². The van der Waals surface area contributed by atoms with Gasteiger partial charge < -0.3 is 10.2 Å². The van der Waals surface area contributed by atoms with E-state index in [2.05, 4.69) is 6.92 Å². The Morgan fingerprint density at radius 2 is 1.24 bits per heavy atom. The third kappa shape index (κ3) is 10.5. The summed E-state index contributed by atoms with van der Waals surface area (Å²) in [5, 5.41) is 18.1. The molecule has 0 fully saturated rings. The summed E-state index contributed by atoms with van der Waals surface area (Å²) in [5.74, 6) is -1.06. The summed E-state index contributed by atoms with van der Waals surface area (Å²) in [7, 11) is 0. The number of rotatable bonds is 17. The average molecular weight is 357 g/mol. The zero-order chi connectivity index (χ0) is 19.1. The van der Waals surface area contributed by atoms with Crippen LogP contribution in [0.4, 0.5) is 0 Å². The van der Waals surface area contributed by atoms with E-state index in [1.807, 2.05) is 13.8 Å². The molecule has 25 heavy (non-hydrogen) atoms. The van der Waals surface area contributed by atoms with Crippen LogP contribution in [0.2, 0.25) is 0 Å². The molecule has 0 spiro atoms. The van der Waals surface area contributed by atoms with E-state index in [1.54, 1.807) is 0 Å². The largest absolute Gasteiger partial charge is 0.481 e. The highest BCUT2D eigenvalue weighted by Gasteiger charge is 2.38. The Morgan fingerprint density at radius 1 is 0.800 bits per heavy atom. The molecule has 0 amide bonds. The van der Waals surface area contributed by atoms with Crippen LogP contribution in [0.25, 0.3) is 0 Å². The molecular weight excluding hydrogens is 316 g/mol. The smallest absolute Gasteiger partial charge is 0.309 e. The maximum Gasteiger partial charge on any atom is 0.309 e. The van der Waals surface area contributed by atoms with Gasteiger partial charge in [-0.05, 0) is 32.1 Å². The molecule has 4 heteroatoms. The second-order valence-corrected chi connectivity index (χ2v) is 7.65. The van der Waals surface area contributed by atoms with Crippen LogP contribution in [0.15, 0.2) is 0 Å². The molecule has 4 nitrogen and oxygen atoms in total. The van der Waals surface area contributed by atoms with Gasteiger partial charge in [0, 0.05) is 6.42 Å². The summed E-state index contributed by atoms with van der Waals surface area (Å²) in [4.78, 5) is 22.0. The molecule has 0 aliphatic heterocycles. The zero-order valence-electron chi connectivity index (χ0n) is 16.7. The SMILES string of the molecule is CCC(CCCCCCCCCCCCC(=O)O)C(C)(CC)C(=O)O. The first-order chi connectivity index (χ1) is 11.9. The fourth-order valence-electron chi connectivity index (χ4n) is 3.67. The lowest BCUT2D eigenvalue weighted by Gasteiger charge is -2.32. The molecule has 0 aromatic carbocycles. The van der Waals surface area contributed by atoms with Crippen LogP contribution >= 0.6 is 0 Å². The highest BCUT2D eigenvalue weighted by Crippen LogP contribution is 2.37. The minimum absolute atomic E-state index is 0.279. The summed E-state index contributed by atoms with van der Waals surface area (Å²) in [6.45, 7) is 6.00. The molecule has 0 aromatic heterocycles. The first kappa shape index (κ1) is 23.9. The predicted molar refractivity (Wildman–Crippen MR) is 103 cm³/mol. The summed E-state index contributed by atoms with van der Waals surface area (Å²) < 4.78 is 0. The number of carboxylic acid groups (broad SMARTS) is 2. The summed E-state index contributed by atoms with van der Waals surface area (Å²) in [6, 6.07) is 0. The van der Waals surface area contributed by atoms with Crippen LogP contribution in [-0.2, 0) is 9.59 Å². The second kappa shape index (κ2) is 14.1. The normalized spacial score (nSPS) is 14.8. The lowest BCUT2D eigenvalue weighted by molar-refractivity contribution is -0.152. The topological polar surface area (TPSA) is 74.6 Å². The number of hydrogen-bond donors (Lipinski definition) is 2. The molecule has 0 radical (unpaired) electrons. The molecule has 0 saturated carbocycles. The monoisotopic (exact) mass is 356 g/mol. The first-order valence-corrected chi connectivity index (χ1v) is 10.3. The standard InChI is InChI=1S/C21H40O4/c1-4-18(21(3,5-2)20(24)25)16-14-12-10-8-6-7-9-11-13-15-17-19(22)23/h18H,4-17H2,1-3H3,(H,22,23)(H,24,25). The quantitative estimate of drug-likeness (QED) is 0.301. The first-order valence-electron chi connectivity index (χ1n) is 10.3. The minimum Gasteiger partial charge on any atom is -0.481 e. The van der Waals surface area contributed by atoms with E-state index in [0.29, 0.717) is 12.8 Å². The number of hydrogen-bond acceptors (Lipinski definition) is 2. The summed E-state index contributed by atoms with van der Waals surface area (Å²) in [6.07, 6.45) is 14.5. The van der Waals surface area contributed by atoms with Crippen molar-refractivity contribution in [3.05, 3.63) is 0 Å². The van der Waals surface area contributed by atoms with Gasteiger partial charge in [0.05, 0.1) is 5.41 Å². The van der Waals surface area contributed by atoms with E-state index < -0.39 is 17.4 Å². The highest BCUT2D eigenvalue weighted by molar-refractivity contribution is 5.74. The van der Waals surface area contributed by atoms with Gasteiger partial charge in [-0.25, -0.2) is 0 Å². The van der Waals surface area contributed by atoms with Crippen molar-refractivity contribution < 1.29 is 19.8 Å². The van der Waals surface area contributed by atoms with Crippen molar-refractivity contribution in [2.45, 2.75) is 111 Å². The Balaban J connectivity index is 3.62. The molecule has 0 bridgehead atoms. The van der Waals surface area contributed by atoms with Crippen molar-refractivity contribution in [2.24, 2.45) is 11.3 Å². The van der Waals surface area contributed by atoms with Crippen molar-refractivity contribution in [2.75, 3.05) is 0 Å². The van der Waals surface area contributed by atoms with Crippen molar-refractivity contribution >= 4 is 11.9 Å². The number of unbranched alkanes of at least 4 members (excludes halogenated alkanes) is 9. The van der Waals surface area contributed by atoms with Gasteiger partial charge in [-0.2, -0.15) is 0 Å². The Labute approximate surface area is 154 Å². The highest BCUT2D eigenvalue weighted by atomic mass is 16.4. The van der Waals surface area contributed by atoms with E-state index in [-0.39, 0.29) is 5.92 Å². The van der Waals surface area contributed by atoms with Gasteiger partial charge in [0.1, 0.15) is 0 Å². The molecule has 2 N–H and O–H groups in total. The molecule has 0 saturated heterocycles. The third-order valence-electron chi connectivity index (χ3n) is 5.81. The van der Waals surface area contributed by atoms with Gasteiger partial charge in [0.2, 0.25) is 0 Å². The lowest BCUT2D eigenvalue weighted by Crippen LogP contribution is -2.35. The average Bonchev–Trinajstić information content (AvgIpc) is 2.58. The molecular formula is C21H40O4. The van der Waals surface area contributed by atoms with Gasteiger partial charge >= 0.3 is 11.9 Å². The van der Waals surface area contributed by atoms with Gasteiger partial charge in [-0.15, -0.1) is 0 Å². The van der Waals surface area contributed by atoms with Gasteiger partial charge in [0.15, 0.2) is 0 Å². The molecule has 0 rings (SSSR count). The molecule has 0 aliphatic carbocycles. The maximum absolute atomic E-state index is 11.6. The summed E-state index contributed by atoms with van der Waals surface area (Å²) >= 11 is 0. The Morgan fingerprint density at radius 3 is 1.60 bits per heavy atom. The van der Waals surface area contributed by atoms with E-state index in [1.165, 1.54) is 38.5 Å². The van der Waals surface area contributed by atoms with Crippen molar-refractivity contribution in [1.82, 2.24) is 0 Å². The third-order valence-corrected chi connectivity index (χ3v) is 5.81. The fraction of sp³-hybridized carbons (Fsp3) is 0.905. The van der Waals surface area contributed by atoms with Crippen LogP contribution < -0.4 is 0 Å². The van der Waals surface area contributed by atoms with Crippen molar-refractivity contribution in [3.63, 3.8) is 0 Å². The number of carbonyl (C=O) groups is 2. The van der Waals surface area contributed by atoms with Crippen LogP contribution in [0.3, 0.4) is 0 Å². The molecule has 0 heterocycles. The molecule has 148 valence electrons. The van der Waals surface area contributed by atoms with Crippen molar-refractivity contribution in [1.29, 1.82) is 0 Å². The van der Waals surface area contributed by atoms with Crippen LogP contribution in [0, 0.1) is 11.3 Å². The number of aliphatic carboxylic acids is 2. The lowest BCUT2D eigenvalue weighted by atomic mass is 9.71. The Bertz CT molecular complexity index is 367. The van der Waals surface area contributed by atoms with Crippen LogP contribution in [-0.4, -0.2) is 22.2 Å². The molecule has 2 unspecified atom stereocenters. The fourth-order valence-corrected chi connectivity index (χ4v) is 3.67. The minimum atomic E-state index is -0.687. The molecule has 0 aromatic rings. The van der Waals surface area contributed by atoms with E-state index in [4.69, 9.17) is 5.11 Å². The number of carboxylic acids is 2. The zero-order valence-corrected chi connectivity index (χ0v) is 16.7. The van der Waals surface area contributed by atoms with Gasteiger partial charge in [0.25, 0.3) is 0 Å². The van der Waals surface area contributed by atoms with E-state index >= 15 is 0 Å². The maximum atomic E-state index is 11.6. The Kier molecular flexibility index (Phi) is 13.5. The van der Waals surface area contributed by atoms with E-state index in [9.17, 15) is 14.7 Å². The second-order valence-electron chi connectivity index (χ2n) is 7.65.